The first-order valence-electron chi connectivity index (χ1n) is 11.9. The molecule has 2 fully saturated rings. The molecule has 4 rings (SSSR count). The van der Waals surface area contributed by atoms with Crippen molar-refractivity contribution < 1.29 is 31.1 Å². The fourth-order valence-corrected chi connectivity index (χ4v) is 5.08. The Hall–Kier alpha value is -3.06. The van der Waals surface area contributed by atoms with Gasteiger partial charge in [-0.05, 0) is 60.2 Å². The Morgan fingerprint density at radius 1 is 1.16 bits per heavy atom. The van der Waals surface area contributed by atoms with Crippen LogP contribution in [-0.4, -0.2) is 76.2 Å². The predicted molar refractivity (Wildman–Crippen MR) is 135 cm³/mol. The van der Waals surface area contributed by atoms with Gasteiger partial charge in [-0.2, -0.15) is 13.2 Å². The van der Waals surface area contributed by atoms with Gasteiger partial charge in [0.15, 0.2) is 0 Å². The summed E-state index contributed by atoms with van der Waals surface area (Å²) in [5.41, 5.74) is 2.81. The third kappa shape index (κ3) is 7.48. The zero-order valence-electron chi connectivity index (χ0n) is 20.6. The number of hydrogen-bond acceptors (Lipinski definition) is 6. The normalized spacial score (nSPS) is 18.7. The molecule has 9 nitrogen and oxygen atoms in total. The van der Waals surface area contributed by atoms with Crippen LogP contribution in [0.25, 0.3) is 11.1 Å². The number of pyridine rings is 1. The van der Waals surface area contributed by atoms with Crippen LogP contribution in [0.5, 0.6) is 0 Å². The number of aryl methyl sites for hydroxylation is 1. The number of aromatic nitrogens is 1. The van der Waals surface area contributed by atoms with Crippen LogP contribution in [0.4, 0.5) is 35.3 Å². The molecule has 2 amide bonds. The summed E-state index contributed by atoms with van der Waals surface area (Å²) in [7, 11) is -3.57. The van der Waals surface area contributed by atoms with Crippen molar-refractivity contribution in [3.8, 4) is 11.1 Å². The van der Waals surface area contributed by atoms with E-state index in [1.165, 1.54) is 4.90 Å². The van der Waals surface area contributed by atoms with Crippen molar-refractivity contribution in [2.24, 2.45) is 5.92 Å². The summed E-state index contributed by atoms with van der Waals surface area (Å²) in [6.07, 6.45) is -3.79. The lowest BCUT2D eigenvalue weighted by atomic mass is 10.00. The number of benzene rings is 1. The lowest BCUT2D eigenvalue weighted by Gasteiger charge is -2.28. The quantitative estimate of drug-likeness (QED) is 0.572. The second-order valence-corrected chi connectivity index (χ2v) is 11.2. The molecule has 2 aliphatic heterocycles. The fraction of sp³-hybridized carbons (Fsp3) is 0.500. The predicted octanol–water partition coefficient (Wildman–Crippen LogP) is 4.07. The second-order valence-electron chi connectivity index (χ2n) is 9.45. The number of morpholine rings is 1. The van der Waals surface area contributed by atoms with E-state index in [9.17, 15) is 26.4 Å². The maximum absolute atomic E-state index is 12.8. The Morgan fingerprint density at radius 2 is 1.89 bits per heavy atom. The van der Waals surface area contributed by atoms with E-state index in [1.54, 1.807) is 18.2 Å². The number of urea groups is 1. The molecule has 0 spiro atoms. The van der Waals surface area contributed by atoms with E-state index in [-0.39, 0.29) is 18.9 Å². The first-order valence-corrected chi connectivity index (χ1v) is 13.8. The molecule has 0 bridgehead atoms. The number of carbonyl (C=O) groups is 1. The number of alkyl halides is 3. The lowest BCUT2D eigenvalue weighted by molar-refractivity contribution is -0.143. The molecule has 3 heterocycles. The molecule has 13 heteroatoms. The molecule has 0 radical (unpaired) electrons. The van der Waals surface area contributed by atoms with Gasteiger partial charge in [0.2, 0.25) is 10.0 Å². The molecule has 1 aromatic carbocycles. The van der Waals surface area contributed by atoms with Gasteiger partial charge < -0.3 is 19.9 Å². The van der Waals surface area contributed by atoms with E-state index in [0.717, 1.165) is 17.4 Å². The number of halogens is 3. The van der Waals surface area contributed by atoms with Crippen molar-refractivity contribution >= 4 is 33.4 Å². The highest BCUT2D eigenvalue weighted by Crippen LogP contribution is 2.33. The molecule has 0 saturated carbocycles. The van der Waals surface area contributed by atoms with Crippen LogP contribution >= 0.6 is 0 Å². The molecule has 0 aliphatic carbocycles. The Kier molecular flexibility index (Phi) is 7.83. The summed E-state index contributed by atoms with van der Waals surface area (Å²) >= 11 is 0. The van der Waals surface area contributed by atoms with Crippen LogP contribution in [0, 0.1) is 12.8 Å². The number of sulfonamides is 1. The maximum Gasteiger partial charge on any atom is 0.389 e. The number of amides is 2. The van der Waals surface area contributed by atoms with Gasteiger partial charge in [-0.1, -0.05) is 6.07 Å². The summed E-state index contributed by atoms with van der Waals surface area (Å²) in [6.45, 7) is 4.48. The van der Waals surface area contributed by atoms with Gasteiger partial charge in [-0.3, -0.25) is 4.72 Å². The van der Waals surface area contributed by atoms with E-state index in [4.69, 9.17) is 4.74 Å². The summed E-state index contributed by atoms with van der Waals surface area (Å²) in [5, 5.41) is 2.79. The molecule has 1 aromatic heterocycles. The molecule has 2 aromatic rings. The number of rotatable bonds is 6. The topological polar surface area (TPSA) is 104 Å². The number of carbonyl (C=O) groups excluding carboxylic acids is 1. The van der Waals surface area contributed by atoms with Crippen molar-refractivity contribution in [1.82, 2.24) is 9.88 Å². The first kappa shape index (κ1) is 27.0. The Balaban J connectivity index is 1.58. The molecule has 2 aliphatic rings. The SMILES string of the molecule is Cc1ccc(NC(=O)N2CC[C@@H](CC(F)(F)F)C2)cc1-c1cc(NS(C)(=O)=O)nc(N2CCOCC2)c1. The van der Waals surface area contributed by atoms with E-state index in [0.29, 0.717) is 49.8 Å². The molecule has 1 atom stereocenters. The number of nitrogens with one attached hydrogen (secondary N) is 2. The minimum Gasteiger partial charge on any atom is -0.378 e. The van der Waals surface area contributed by atoms with Crippen molar-refractivity contribution in [2.45, 2.75) is 25.9 Å². The monoisotopic (exact) mass is 541 g/mol. The van der Waals surface area contributed by atoms with Crippen molar-refractivity contribution in [3.63, 3.8) is 0 Å². The number of hydrogen-bond donors (Lipinski definition) is 2. The average molecular weight is 542 g/mol. The minimum atomic E-state index is -4.25. The van der Waals surface area contributed by atoms with Gasteiger partial charge in [-0.25, -0.2) is 18.2 Å². The maximum atomic E-state index is 12.8. The Morgan fingerprint density at radius 3 is 2.57 bits per heavy atom. The van der Waals surface area contributed by atoms with Crippen LogP contribution in [0.3, 0.4) is 0 Å². The molecular formula is C24H30F3N5O4S. The number of likely N-dealkylation sites (tertiary alicyclic amines) is 1. The minimum absolute atomic E-state index is 0.0534. The van der Waals surface area contributed by atoms with Crippen LogP contribution < -0.4 is 14.9 Å². The molecular weight excluding hydrogens is 511 g/mol. The summed E-state index contributed by atoms with van der Waals surface area (Å²) < 4.78 is 69.8. The zero-order valence-corrected chi connectivity index (χ0v) is 21.5. The van der Waals surface area contributed by atoms with Gasteiger partial charge in [0, 0.05) is 38.3 Å². The van der Waals surface area contributed by atoms with Crippen LogP contribution in [0.15, 0.2) is 30.3 Å². The van der Waals surface area contributed by atoms with E-state index in [2.05, 4.69) is 15.0 Å². The summed E-state index contributed by atoms with van der Waals surface area (Å²) in [5.74, 6) is 0.159. The van der Waals surface area contributed by atoms with Crippen molar-refractivity contribution in [1.29, 1.82) is 0 Å². The highest BCUT2D eigenvalue weighted by atomic mass is 32.2. The summed E-state index contributed by atoms with van der Waals surface area (Å²) in [6, 6.07) is 8.33. The lowest BCUT2D eigenvalue weighted by Crippen LogP contribution is -2.36. The highest BCUT2D eigenvalue weighted by Gasteiger charge is 2.36. The zero-order chi connectivity index (χ0) is 26.8. The molecule has 2 saturated heterocycles. The van der Waals surface area contributed by atoms with Gasteiger partial charge in [0.1, 0.15) is 11.6 Å². The third-order valence-electron chi connectivity index (χ3n) is 6.33. The van der Waals surface area contributed by atoms with Gasteiger partial charge in [0.25, 0.3) is 0 Å². The number of anilines is 3. The number of nitrogens with zero attached hydrogens (tertiary/aromatic N) is 3. The van der Waals surface area contributed by atoms with Crippen LogP contribution in [0.2, 0.25) is 0 Å². The van der Waals surface area contributed by atoms with Crippen molar-refractivity contribution in [3.05, 3.63) is 35.9 Å². The van der Waals surface area contributed by atoms with Crippen LogP contribution in [-0.2, 0) is 14.8 Å². The van der Waals surface area contributed by atoms with E-state index in [1.807, 2.05) is 24.0 Å². The Bertz CT molecular complexity index is 1250. The fourth-order valence-electron chi connectivity index (χ4n) is 4.59. The smallest absolute Gasteiger partial charge is 0.378 e. The van der Waals surface area contributed by atoms with Gasteiger partial charge in [-0.15, -0.1) is 0 Å². The van der Waals surface area contributed by atoms with E-state index < -0.39 is 34.6 Å². The number of ether oxygens (including phenoxy) is 1. The standard InChI is InChI=1S/C24H30F3N5O4S/c1-16-3-4-19(28-23(33)32-6-5-17(15-32)14-24(25,26)27)13-20(16)18-11-21(30-37(2,34)35)29-22(12-18)31-7-9-36-10-8-31/h3-4,11-13,17H,5-10,14-15H2,1-2H3,(H,28,33)(H,29,30)/t17-/m0/s1. The highest BCUT2D eigenvalue weighted by molar-refractivity contribution is 7.92. The van der Waals surface area contributed by atoms with Gasteiger partial charge in [0.05, 0.1) is 19.5 Å². The first-order chi connectivity index (χ1) is 17.4. The van der Waals surface area contributed by atoms with Gasteiger partial charge >= 0.3 is 12.2 Å². The molecule has 37 heavy (non-hydrogen) atoms. The molecule has 2 N–H and O–H groups in total. The third-order valence-corrected chi connectivity index (χ3v) is 6.91. The van der Waals surface area contributed by atoms with E-state index >= 15 is 0 Å². The summed E-state index contributed by atoms with van der Waals surface area (Å²) in [4.78, 5) is 20.6. The molecule has 202 valence electrons. The van der Waals surface area contributed by atoms with Crippen molar-refractivity contribution in [2.75, 3.05) is 60.6 Å². The average Bonchev–Trinajstić information content (AvgIpc) is 3.26. The largest absolute Gasteiger partial charge is 0.389 e. The Labute approximate surface area is 214 Å². The second kappa shape index (κ2) is 10.7. The van der Waals surface area contributed by atoms with Crippen LogP contribution in [0.1, 0.15) is 18.4 Å². The molecule has 0 unspecified atom stereocenters.